The number of hydrogen-bond donors (Lipinski definition) is 1. The molecule has 0 aliphatic heterocycles. The summed E-state index contributed by atoms with van der Waals surface area (Å²) in [5, 5.41) is 1.25. The molecule has 0 aliphatic rings. The summed E-state index contributed by atoms with van der Waals surface area (Å²) >= 11 is 1.81. The zero-order valence-electron chi connectivity index (χ0n) is 7.76. The molecule has 0 aromatic carbocycles. The molecule has 1 heterocycles. The number of nitrogens with zero attached hydrogens (tertiary/aromatic N) is 1. The van der Waals surface area contributed by atoms with E-state index in [2.05, 4.69) is 18.8 Å². The van der Waals surface area contributed by atoms with Crippen LogP contribution in [0.4, 0.5) is 0 Å². The van der Waals surface area contributed by atoms with E-state index in [9.17, 15) is 0 Å². The number of rotatable bonds is 4. The highest BCUT2D eigenvalue weighted by molar-refractivity contribution is 7.11. The molecular formula is C9H16N2S. The molecule has 0 spiro atoms. The van der Waals surface area contributed by atoms with Crippen molar-refractivity contribution in [3.63, 3.8) is 0 Å². The summed E-state index contributed by atoms with van der Waals surface area (Å²) in [6, 6.07) is 0. The zero-order chi connectivity index (χ0) is 8.97. The molecule has 68 valence electrons. The highest BCUT2D eigenvalue weighted by Crippen LogP contribution is 2.18. The third kappa shape index (κ3) is 2.29. The van der Waals surface area contributed by atoms with Crippen LogP contribution in [0, 0.1) is 6.92 Å². The second-order valence-electron chi connectivity index (χ2n) is 2.86. The number of aryl methyl sites for hydroxylation is 3. The number of hydrogen-bond acceptors (Lipinski definition) is 3. The fourth-order valence-corrected chi connectivity index (χ4v) is 2.24. The average molecular weight is 184 g/mol. The highest BCUT2D eigenvalue weighted by Gasteiger charge is 2.04. The number of nitrogens with two attached hydrogens (primary N) is 1. The van der Waals surface area contributed by atoms with Crippen molar-refractivity contribution in [3.05, 3.63) is 15.6 Å². The van der Waals surface area contributed by atoms with Crippen molar-refractivity contribution >= 4 is 11.3 Å². The summed E-state index contributed by atoms with van der Waals surface area (Å²) in [5.74, 6) is 0. The Morgan fingerprint density at radius 2 is 2.25 bits per heavy atom. The second kappa shape index (κ2) is 4.58. The second-order valence-corrected chi connectivity index (χ2v) is 4.14. The molecule has 1 aromatic rings. The van der Waals surface area contributed by atoms with Gasteiger partial charge in [0.25, 0.3) is 0 Å². The van der Waals surface area contributed by atoms with Gasteiger partial charge >= 0.3 is 0 Å². The summed E-state index contributed by atoms with van der Waals surface area (Å²) in [5.41, 5.74) is 6.69. The van der Waals surface area contributed by atoms with E-state index < -0.39 is 0 Å². The molecule has 2 N–H and O–H groups in total. The van der Waals surface area contributed by atoms with Crippen molar-refractivity contribution in [2.45, 2.75) is 33.1 Å². The van der Waals surface area contributed by atoms with Crippen molar-refractivity contribution in [1.29, 1.82) is 0 Å². The van der Waals surface area contributed by atoms with Crippen LogP contribution in [0.15, 0.2) is 0 Å². The maximum Gasteiger partial charge on any atom is 0.0931 e. The lowest BCUT2D eigenvalue weighted by molar-refractivity contribution is 0.820. The van der Waals surface area contributed by atoms with Crippen molar-refractivity contribution in [3.8, 4) is 0 Å². The Bertz CT molecular complexity index is 243. The molecule has 2 nitrogen and oxygen atoms in total. The molecule has 0 saturated heterocycles. The molecular weight excluding hydrogens is 168 g/mol. The monoisotopic (exact) mass is 184 g/mol. The third-order valence-corrected chi connectivity index (χ3v) is 2.94. The number of aromatic nitrogens is 1. The van der Waals surface area contributed by atoms with Gasteiger partial charge in [-0.3, -0.25) is 0 Å². The van der Waals surface area contributed by atoms with E-state index in [-0.39, 0.29) is 0 Å². The van der Waals surface area contributed by atoms with Gasteiger partial charge in [-0.25, -0.2) is 4.98 Å². The van der Waals surface area contributed by atoms with E-state index in [1.54, 1.807) is 0 Å². The van der Waals surface area contributed by atoms with Crippen LogP contribution in [0.5, 0.6) is 0 Å². The minimum Gasteiger partial charge on any atom is -0.330 e. The number of thiazole rings is 1. The Kier molecular flexibility index (Phi) is 3.69. The maximum atomic E-state index is 5.43. The highest BCUT2D eigenvalue weighted by atomic mass is 32.1. The van der Waals surface area contributed by atoms with Crippen LogP contribution in [-0.4, -0.2) is 11.5 Å². The van der Waals surface area contributed by atoms with Gasteiger partial charge in [-0.05, 0) is 26.3 Å². The lowest BCUT2D eigenvalue weighted by atomic mass is 10.3. The van der Waals surface area contributed by atoms with E-state index in [1.165, 1.54) is 15.6 Å². The summed E-state index contributed by atoms with van der Waals surface area (Å²) in [4.78, 5) is 5.89. The Hall–Kier alpha value is -0.410. The first-order valence-electron chi connectivity index (χ1n) is 4.43. The van der Waals surface area contributed by atoms with Crippen LogP contribution in [0.2, 0.25) is 0 Å². The van der Waals surface area contributed by atoms with E-state index in [4.69, 9.17) is 5.73 Å². The van der Waals surface area contributed by atoms with Gasteiger partial charge in [-0.2, -0.15) is 0 Å². The van der Waals surface area contributed by atoms with Crippen LogP contribution in [0.3, 0.4) is 0 Å². The van der Waals surface area contributed by atoms with Gasteiger partial charge < -0.3 is 5.73 Å². The SMILES string of the molecule is CCc1nc(CCCN)sc1C. The van der Waals surface area contributed by atoms with Crippen LogP contribution in [-0.2, 0) is 12.8 Å². The lowest BCUT2D eigenvalue weighted by Gasteiger charge is -1.90. The largest absolute Gasteiger partial charge is 0.330 e. The van der Waals surface area contributed by atoms with Gasteiger partial charge in [0.15, 0.2) is 0 Å². The van der Waals surface area contributed by atoms with Crippen LogP contribution < -0.4 is 5.73 Å². The van der Waals surface area contributed by atoms with Gasteiger partial charge in [0.1, 0.15) is 0 Å². The topological polar surface area (TPSA) is 38.9 Å². The van der Waals surface area contributed by atoms with Crippen molar-refractivity contribution in [2.24, 2.45) is 5.73 Å². The fourth-order valence-electron chi connectivity index (χ4n) is 1.18. The van der Waals surface area contributed by atoms with Gasteiger partial charge in [-0.1, -0.05) is 6.92 Å². The Labute approximate surface area is 77.8 Å². The molecule has 12 heavy (non-hydrogen) atoms. The predicted octanol–water partition coefficient (Wildman–Crippen LogP) is 1.91. The van der Waals surface area contributed by atoms with Crippen LogP contribution in [0.1, 0.15) is 28.9 Å². The third-order valence-electron chi connectivity index (χ3n) is 1.87. The zero-order valence-corrected chi connectivity index (χ0v) is 8.58. The van der Waals surface area contributed by atoms with Gasteiger partial charge in [-0.15, -0.1) is 11.3 Å². The van der Waals surface area contributed by atoms with E-state index >= 15 is 0 Å². The molecule has 0 fully saturated rings. The summed E-state index contributed by atoms with van der Waals surface area (Å²) in [6.07, 6.45) is 3.14. The van der Waals surface area contributed by atoms with Gasteiger partial charge in [0.2, 0.25) is 0 Å². The van der Waals surface area contributed by atoms with Gasteiger partial charge in [0, 0.05) is 11.3 Å². The van der Waals surface area contributed by atoms with E-state index in [1.807, 2.05) is 11.3 Å². The first kappa shape index (κ1) is 9.68. The summed E-state index contributed by atoms with van der Waals surface area (Å²) in [6.45, 7) is 5.05. The fraction of sp³-hybridized carbons (Fsp3) is 0.667. The Morgan fingerprint density at radius 3 is 2.75 bits per heavy atom. The van der Waals surface area contributed by atoms with E-state index in [0.29, 0.717) is 0 Å². The minimum absolute atomic E-state index is 0.764. The maximum absolute atomic E-state index is 5.43. The standard InChI is InChI=1S/C9H16N2S/c1-3-8-7(2)12-9(11-8)5-4-6-10/h3-6,10H2,1-2H3. The molecule has 3 heteroatoms. The molecule has 0 radical (unpaired) electrons. The van der Waals surface area contributed by atoms with Crippen molar-refractivity contribution < 1.29 is 0 Å². The first-order chi connectivity index (χ1) is 5.77. The molecule has 0 unspecified atom stereocenters. The minimum atomic E-state index is 0.764. The summed E-state index contributed by atoms with van der Waals surface area (Å²) in [7, 11) is 0. The van der Waals surface area contributed by atoms with Crippen molar-refractivity contribution in [1.82, 2.24) is 4.98 Å². The summed E-state index contributed by atoms with van der Waals surface area (Å²) < 4.78 is 0. The smallest absolute Gasteiger partial charge is 0.0931 e. The molecule has 0 amide bonds. The lowest BCUT2D eigenvalue weighted by Crippen LogP contribution is -2.00. The predicted molar refractivity (Wildman–Crippen MR) is 53.6 cm³/mol. The average Bonchev–Trinajstić information content (AvgIpc) is 2.43. The molecule has 1 aromatic heterocycles. The Balaban J connectivity index is 2.62. The molecule has 0 saturated carbocycles. The quantitative estimate of drug-likeness (QED) is 0.776. The van der Waals surface area contributed by atoms with Gasteiger partial charge in [0.05, 0.1) is 10.7 Å². The van der Waals surface area contributed by atoms with Crippen molar-refractivity contribution in [2.75, 3.05) is 6.54 Å². The van der Waals surface area contributed by atoms with E-state index in [0.717, 1.165) is 25.8 Å². The first-order valence-corrected chi connectivity index (χ1v) is 5.24. The van der Waals surface area contributed by atoms with Crippen LogP contribution >= 0.6 is 11.3 Å². The Morgan fingerprint density at radius 1 is 1.50 bits per heavy atom. The normalized spacial score (nSPS) is 10.6. The molecule has 0 bridgehead atoms. The van der Waals surface area contributed by atoms with Crippen LogP contribution in [0.25, 0.3) is 0 Å². The molecule has 0 aliphatic carbocycles. The molecule has 0 atom stereocenters. The molecule has 1 rings (SSSR count).